The highest BCUT2D eigenvalue weighted by atomic mass is 19.4. The van der Waals surface area contributed by atoms with Gasteiger partial charge in [-0.3, -0.25) is 4.79 Å². The first-order valence-corrected chi connectivity index (χ1v) is 5.84. The van der Waals surface area contributed by atoms with Crippen molar-refractivity contribution < 1.29 is 36.6 Å². The summed E-state index contributed by atoms with van der Waals surface area (Å²) >= 11 is 0. The first-order valence-electron chi connectivity index (χ1n) is 5.84. The van der Waals surface area contributed by atoms with Crippen molar-refractivity contribution in [3.63, 3.8) is 0 Å². The summed E-state index contributed by atoms with van der Waals surface area (Å²) in [5, 5.41) is 0. The van der Waals surface area contributed by atoms with E-state index >= 15 is 0 Å². The lowest BCUT2D eigenvalue weighted by Crippen LogP contribution is -2.19. The average Bonchev–Trinajstić information content (AvgIpc) is 2.38. The molecule has 0 saturated heterocycles. The van der Waals surface area contributed by atoms with Gasteiger partial charge in [0, 0.05) is 11.1 Å². The Hall–Kier alpha value is -2.06. The standard InChI is InChI=1S/C12H13F4NO4/c1-3-20-9(18)5-7-4-8(6-13)11(17-10(7)19-2)21-12(14,15)16/h4H,3,5-6H2,1-2H3. The lowest BCUT2D eigenvalue weighted by atomic mass is 10.1. The zero-order valence-electron chi connectivity index (χ0n) is 11.3. The Kier molecular flexibility index (Phi) is 5.74. The number of rotatable bonds is 6. The SMILES string of the molecule is CCOC(=O)Cc1cc(CF)c(OC(F)(F)F)nc1OC. The average molecular weight is 311 g/mol. The molecule has 0 aliphatic heterocycles. The van der Waals surface area contributed by atoms with Gasteiger partial charge in [-0.15, -0.1) is 13.2 Å². The fourth-order valence-corrected chi connectivity index (χ4v) is 1.53. The molecule has 0 N–H and O–H groups in total. The third-order valence-corrected chi connectivity index (χ3v) is 2.29. The Bertz CT molecular complexity index is 505. The number of esters is 1. The number of aromatic nitrogens is 1. The number of nitrogens with zero attached hydrogens (tertiary/aromatic N) is 1. The topological polar surface area (TPSA) is 57.7 Å². The van der Waals surface area contributed by atoms with E-state index in [1.54, 1.807) is 6.92 Å². The molecule has 0 bridgehead atoms. The van der Waals surface area contributed by atoms with Crippen LogP contribution in [-0.2, 0) is 22.6 Å². The number of hydrogen-bond donors (Lipinski definition) is 0. The second kappa shape index (κ2) is 7.09. The number of alkyl halides is 4. The molecule has 1 aromatic rings. The second-order valence-electron chi connectivity index (χ2n) is 3.78. The van der Waals surface area contributed by atoms with E-state index in [9.17, 15) is 22.4 Å². The van der Waals surface area contributed by atoms with Crippen molar-refractivity contribution in [3.05, 3.63) is 17.2 Å². The van der Waals surface area contributed by atoms with Crippen LogP contribution in [0.3, 0.4) is 0 Å². The van der Waals surface area contributed by atoms with Gasteiger partial charge < -0.3 is 14.2 Å². The lowest BCUT2D eigenvalue weighted by Gasteiger charge is -2.14. The molecule has 1 heterocycles. The zero-order chi connectivity index (χ0) is 16.0. The maximum absolute atomic E-state index is 12.8. The number of carbonyl (C=O) groups excluding carboxylic acids is 1. The highest BCUT2D eigenvalue weighted by molar-refractivity contribution is 5.73. The van der Waals surface area contributed by atoms with Crippen molar-refractivity contribution in [1.82, 2.24) is 4.98 Å². The number of hydrogen-bond acceptors (Lipinski definition) is 5. The fraction of sp³-hybridized carbons (Fsp3) is 0.500. The Morgan fingerprint density at radius 2 is 1.95 bits per heavy atom. The molecule has 0 saturated carbocycles. The predicted octanol–water partition coefficient (Wildman–Crippen LogP) is 2.56. The van der Waals surface area contributed by atoms with E-state index < -0.39 is 30.4 Å². The summed E-state index contributed by atoms with van der Waals surface area (Å²) in [6.45, 7) is 0.499. The fourth-order valence-electron chi connectivity index (χ4n) is 1.53. The Labute approximate surface area is 117 Å². The minimum absolute atomic E-state index is 0.109. The van der Waals surface area contributed by atoms with Gasteiger partial charge in [0.05, 0.1) is 20.1 Å². The zero-order valence-corrected chi connectivity index (χ0v) is 11.3. The summed E-state index contributed by atoms with van der Waals surface area (Å²) in [5.74, 6) is -1.85. The van der Waals surface area contributed by atoms with Crippen molar-refractivity contribution in [2.75, 3.05) is 13.7 Å². The van der Waals surface area contributed by atoms with Gasteiger partial charge in [0.15, 0.2) is 0 Å². The summed E-state index contributed by atoms with van der Waals surface area (Å²) in [7, 11) is 1.16. The summed E-state index contributed by atoms with van der Waals surface area (Å²) in [6.07, 6.45) is -5.31. The lowest BCUT2D eigenvalue weighted by molar-refractivity contribution is -0.276. The van der Waals surface area contributed by atoms with Crippen molar-refractivity contribution >= 4 is 5.97 Å². The minimum Gasteiger partial charge on any atom is -0.481 e. The minimum atomic E-state index is -5.01. The van der Waals surface area contributed by atoms with Crippen molar-refractivity contribution in [2.24, 2.45) is 0 Å². The monoisotopic (exact) mass is 311 g/mol. The van der Waals surface area contributed by atoms with Gasteiger partial charge in [-0.05, 0) is 13.0 Å². The van der Waals surface area contributed by atoms with E-state index in [1.807, 2.05) is 0 Å². The molecule has 0 atom stereocenters. The van der Waals surface area contributed by atoms with Crippen LogP contribution in [0.4, 0.5) is 17.6 Å². The molecule has 9 heteroatoms. The van der Waals surface area contributed by atoms with Crippen LogP contribution >= 0.6 is 0 Å². The maximum atomic E-state index is 12.8. The quantitative estimate of drug-likeness (QED) is 0.597. The molecule has 118 valence electrons. The molecule has 0 aliphatic rings. The van der Waals surface area contributed by atoms with Crippen LogP contribution in [0.5, 0.6) is 11.8 Å². The molecule has 0 amide bonds. The number of carbonyl (C=O) groups is 1. The molecular formula is C12H13F4NO4. The molecule has 0 fully saturated rings. The number of methoxy groups -OCH3 is 1. The Morgan fingerprint density at radius 3 is 2.43 bits per heavy atom. The largest absolute Gasteiger partial charge is 0.574 e. The van der Waals surface area contributed by atoms with Gasteiger partial charge in [0.2, 0.25) is 11.8 Å². The molecule has 0 spiro atoms. The summed E-state index contributed by atoms with van der Waals surface area (Å²) in [4.78, 5) is 14.8. The normalized spacial score (nSPS) is 11.1. The van der Waals surface area contributed by atoms with Crippen LogP contribution in [0, 0.1) is 0 Å². The van der Waals surface area contributed by atoms with Crippen LogP contribution in [0.2, 0.25) is 0 Å². The van der Waals surface area contributed by atoms with E-state index in [4.69, 9.17) is 9.47 Å². The Morgan fingerprint density at radius 1 is 1.29 bits per heavy atom. The van der Waals surface area contributed by atoms with E-state index in [-0.39, 0.29) is 24.5 Å². The van der Waals surface area contributed by atoms with E-state index in [0.717, 1.165) is 13.2 Å². The van der Waals surface area contributed by atoms with E-state index in [1.165, 1.54) is 0 Å². The third-order valence-electron chi connectivity index (χ3n) is 2.29. The molecule has 0 aliphatic carbocycles. The van der Waals surface area contributed by atoms with Crippen molar-refractivity contribution in [3.8, 4) is 11.8 Å². The van der Waals surface area contributed by atoms with Crippen molar-refractivity contribution in [2.45, 2.75) is 26.4 Å². The molecule has 1 aromatic heterocycles. The van der Waals surface area contributed by atoms with Crippen LogP contribution in [-0.4, -0.2) is 31.0 Å². The number of ether oxygens (including phenoxy) is 3. The molecule has 0 radical (unpaired) electrons. The number of halogens is 4. The van der Waals surface area contributed by atoms with Crippen molar-refractivity contribution in [1.29, 1.82) is 0 Å². The molecular weight excluding hydrogens is 298 g/mol. The van der Waals surface area contributed by atoms with Crippen LogP contribution in [0.1, 0.15) is 18.1 Å². The smallest absolute Gasteiger partial charge is 0.481 e. The molecule has 5 nitrogen and oxygen atoms in total. The molecule has 0 aromatic carbocycles. The summed E-state index contributed by atoms with van der Waals surface area (Å²) in [5.41, 5.74) is -0.328. The summed E-state index contributed by atoms with van der Waals surface area (Å²) < 4.78 is 62.6. The van der Waals surface area contributed by atoms with Gasteiger partial charge in [-0.1, -0.05) is 0 Å². The molecule has 0 unspecified atom stereocenters. The summed E-state index contributed by atoms with van der Waals surface area (Å²) in [6, 6.07) is 1.03. The first-order chi connectivity index (χ1) is 9.80. The number of pyridine rings is 1. The van der Waals surface area contributed by atoms with E-state index in [2.05, 4.69) is 9.72 Å². The van der Waals surface area contributed by atoms with Crippen LogP contribution < -0.4 is 9.47 Å². The molecule has 1 rings (SSSR count). The van der Waals surface area contributed by atoms with Gasteiger partial charge in [-0.2, -0.15) is 4.98 Å². The van der Waals surface area contributed by atoms with Crippen LogP contribution in [0.25, 0.3) is 0 Å². The van der Waals surface area contributed by atoms with E-state index in [0.29, 0.717) is 0 Å². The second-order valence-corrected chi connectivity index (χ2v) is 3.78. The van der Waals surface area contributed by atoms with Gasteiger partial charge in [0.1, 0.15) is 6.67 Å². The third kappa shape index (κ3) is 5.09. The predicted molar refractivity (Wildman–Crippen MR) is 62.6 cm³/mol. The van der Waals surface area contributed by atoms with Crippen LogP contribution in [0.15, 0.2) is 6.07 Å². The van der Waals surface area contributed by atoms with Gasteiger partial charge in [-0.25, -0.2) is 4.39 Å². The first kappa shape index (κ1) is 17.0. The van der Waals surface area contributed by atoms with Gasteiger partial charge in [0.25, 0.3) is 0 Å². The van der Waals surface area contributed by atoms with Gasteiger partial charge >= 0.3 is 12.3 Å². The Balaban J connectivity index is 3.13. The maximum Gasteiger partial charge on any atom is 0.574 e. The highest BCUT2D eigenvalue weighted by Gasteiger charge is 2.33. The molecule has 21 heavy (non-hydrogen) atoms. The highest BCUT2D eigenvalue weighted by Crippen LogP contribution is 2.30.